The average Bonchev–Trinajstić information content (AvgIpc) is 2.28. The number of nitrogens with one attached hydrogen (secondary N) is 1. The Labute approximate surface area is 101 Å². The van der Waals surface area contributed by atoms with Crippen LogP contribution in [0.5, 0.6) is 0 Å². The second-order valence-corrected chi connectivity index (χ2v) is 4.43. The molecule has 2 atom stereocenters. The predicted octanol–water partition coefficient (Wildman–Crippen LogP) is 1.49. The molecule has 3 heteroatoms. The van der Waals surface area contributed by atoms with Crippen molar-refractivity contribution in [1.82, 2.24) is 10.2 Å². The Morgan fingerprint density at radius 3 is 2.62 bits per heavy atom. The maximum absolute atomic E-state index is 9.02. The van der Waals surface area contributed by atoms with Crippen LogP contribution in [0.2, 0.25) is 0 Å². The van der Waals surface area contributed by atoms with Gasteiger partial charge in [-0.3, -0.25) is 4.90 Å². The maximum atomic E-state index is 9.02. The first-order chi connectivity index (χ1) is 7.67. The zero-order valence-corrected chi connectivity index (χ0v) is 11.1. The van der Waals surface area contributed by atoms with Crippen LogP contribution in [-0.4, -0.2) is 48.8 Å². The minimum absolute atomic E-state index is 0.216. The van der Waals surface area contributed by atoms with Crippen molar-refractivity contribution >= 4 is 0 Å². The van der Waals surface area contributed by atoms with Gasteiger partial charge < -0.3 is 10.4 Å². The molecule has 3 nitrogen and oxygen atoms in total. The van der Waals surface area contributed by atoms with Crippen molar-refractivity contribution in [3.8, 4) is 0 Å². The maximum Gasteiger partial charge on any atom is 0.0558 e. The van der Waals surface area contributed by atoms with E-state index >= 15 is 0 Å². The quantitative estimate of drug-likeness (QED) is 0.439. The number of aliphatic hydroxyl groups is 1. The van der Waals surface area contributed by atoms with E-state index in [0.717, 1.165) is 26.2 Å². The van der Waals surface area contributed by atoms with E-state index in [-0.39, 0.29) is 6.61 Å². The smallest absolute Gasteiger partial charge is 0.0558 e. The molecule has 2 unspecified atom stereocenters. The number of aliphatic hydroxyl groups excluding tert-OH is 1. The van der Waals surface area contributed by atoms with Crippen LogP contribution in [0.25, 0.3) is 0 Å². The summed E-state index contributed by atoms with van der Waals surface area (Å²) in [5.74, 6) is 0.582. The molecule has 0 spiro atoms. The van der Waals surface area contributed by atoms with Gasteiger partial charge in [0.15, 0.2) is 0 Å². The molecule has 0 rings (SSSR count). The fourth-order valence-corrected chi connectivity index (χ4v) is 1.79. The van der Waals surface area contributed by atoms with Crippen LogP contribution in [0.4, 0.5) is 0 Å². The average molecular weight is 228 g/mol. The second-order valence-electron chi connectivity index (χ2n) is 4.43. The summed E-state index contributed by atoms with van der Waals surface area (Å²) in [5, 5.41) is 12.5. The molecule has 0 aliphatic carbocycles. The van der Waals surface area contributed by atoms with Gasteiger partial charge in [0.25, 0.3) is 0 Å². The monoisotopic (exact) mass is 228 g/mol. The fraction of sp³-hybridized carbons (Fsp3) is 0.846. The Kier molecular flexibility index (Phi) is 9.59. The van der Waals surface area contributed by atoms with E-state index in [1.165, 1.54) is 6.42 Å². The molecule has 0 bridgehead atoms. The Bertz CT molecular complexity index is 173. The van der Waals surface area contributed by atoms with Crippen LogP contribution >= 0.6 is 0 Å². The number of nitrogens with zero attached hydrogens (tertiary/aromatic N) is 1. The lowest BCUT2D eigenvalue weighted by molar-refractivity contribution is 0.139. The highest BCUT2D eigenvalue weighted by molar-refractivity contribution is 4.80. The Morgan fingerprint density at radius 1 is 1.44 bits per heavy atom. The van der Waals surface area contributed by atoms with Crippen molar-refractivity contribution < 1.29 is 5.11 Å². The summed E-state index contributed by atoms with van der Waals surface area (Å²) in [5.41, 5.74) is 0. The standard InChI is InChI=1S/C13H28N2O/c1-5-7-14-11-12(3)13(4)15(8-6-2)9-10-16/h6,12-14,16H,2,5,7-11H2,1,3-4H3. The van der Waals surface area contributed by atoms with Crippen molar-refractivity contribution in [3.63, 3.8) is 0 Å². The largest absolute Gasteiger partial charge is 0.395 e. The van der Waals surface area contributed by atoms with Gasteiger partial charge in [0.05, 0.1) is 6.61 Å². The van der Waals surface area contributed by atoms with E-state index in [4.69, 9.17) is 5.11 Å². The van der Waals surface area contributed by atoms with E-state index in [2.05, 4.69) is 37.6 Å². The molecule has 96 valence electrons. The highest BCUT2D eigenvalue weighted by Gasteiger charge is 2.18. The zero-order chi connectivity index (χ0) is 12.4. The number of hydrogen-bond donors (Lipinski definition) is 2. The molecular weight excluding hydrogens is 200 g/mol. The first kappa shape index (κ1) is 15.6. The van der Waals surface area contributed by atoms with Crippen molar-refractivity contribution in [2.75, 3.05) is 32.8 Å². The summed E-state index contributed by atoms with van der Waals surface area (Å²) in [6, 6.07) is 0.467. The van der Waals surface area contributed by atoms with E-state index in [1.54, 1.807) is 0 Å². The molecule has 0 radical (unpaired) electrons. The lowest BCUT2D eigenvalue weighted by Gasteiger charge is -2.32. The second kappa shape index (κ2) is 9.82. The van der Waals surface area contributed by atoms with Gasteiger partial charge in [0.2, 0.25) is 0 Å². The molecule has 0 saturated heterocycles. The van der Waals surface area contributed by atoms with Crippen LogP contribution in [0.1, 0.15) is 27.2 Å². The van der Waals surface area contributed by atoms with E-state index in [9.17, 15) is 0 Å². The topological polar surface area (TPSA) is 35.5 Å². The summed E-state index contributed by atoms with van der Waals surface area (Å²) in [6.07, 6.45) is 3.08. The van der Waals surface area contributed by atoms with Gasteiger partial charge in [-0.25, -0.2) is 0 Å². The highest BCUT2D eigenvalue weighted by Crippen LogP contribution is 2.09. The van der Waals surface area contributed by atoms with Crippen molar-refractivity contribution in [2.24, 2.45) is 5.92 Å². The van der Waals surface area contributed by atoms with Crippen molar-refractivity contribution in [3.05, 3.63) is 12.7 Å². The van der Waals surface area contributed by atoms with Crippen LogP contribution in [0.15, 0.2) is 12.7 Å². The van der Waals surface area contributed by atoms with Crippen molar-refractivity contribution in [2.45, 2.75) is 33.2 Å². The zero-order valence-electron chi connectivity index (χ0n) is 11.1. The first-order valence-corrected chi connectivity index (χ1v) is 6.33. The first-order valence-electron chi connectivity index (χ1n) is 6.33. The molecule has 0 aromatic heterocycles. The van der Waals surface area contributed by atoms with Gasteiger partial charge in [-0.05, 0) is 32.4 Å². The van der Waals surface area contributed by atoms with Crippen LogP contribution in [0, 0.1) is 5.92 Å². The minimum atomic E-state index is 0.216. The highest BCUT2D eigenvalue weighted by atomic mass is 16.3. The lowest BCUT2D eigenvalue weighted by atomic mass is 10.0. The molecule has 0 heterocycles. The molecule has 0 amide bonds. The van der Waals surface area contributed by atoms with Gasteiger partial charge in [-0.15, -0.1) is 6.58 Å². The predicted molar refractivity (Wildman–Crippen MR) is 70.6 cm³/mol. The third-order valence-electron chi connectivity index (χ3n) is 3.04. The third kappa shape index (κ3) is 6.26. The molecular formula is C13H28N2O. The van der Waals surface area contributed by atoms with E-state index in [1.807, 2.05) is 6.08 Å². The fourth-order valence-electron chi connectivity index (χ4n) is 1.79. The molecule has 0 aromatic rings. The molecule has 0 aliphatic rings. The molecule has 0 saturated carbocycles. The van der Waals surface area contributed by atoms with Crippen LogP contribution in [0.3, 0.4) is 0 Å². The Balaban J connectivity index is 4.02. The SMILES string of the molecule is C=CCN(CCO)C(C)C(C)CNCCC. The molecule has 0 aromatic carbocycles. The van der Waals surface area contributed by atoms with Gasteiger partial charge >= 0.3 is 0 Å². The van der Waals surface area contributed by atoms with Crippen LogP contribution < -0.4 is 5.32 Å². The molecule has 0 fully saturated rings. The summed E-state index contributed by atoms with van der Waals surface area (Å²) < 4.78 is 0. The van der Waals surface area contributed by atoms with Crippen molar-refractivity contribution in [1.29, 1.82) is 0 Å². The van der Waals surface area contributed by atoms with Gasteiger partial charge in [-0.2, -0.15) is 0 Å². The van der Waals surface area contributed by atoms with Gasteiger partial charge in [-0.1, -0.05) is 19.9 Å². The normalized spacial score (nSPS) is 15.1. The van der Waals surface area contributed by atoms with Crippen LogP contribution in [-0.2, 0) is 0 Å². The van der Waals surface area contributed by atoms with Gasteiger partial charge in [0, 0.05) is 19.1 Å². The Morgan fingerprint density at radius 2 is 2.12 bits per heavy atom. The molecule has 16 heavy (non-hydrogen) atoms. The Hall–Kier alpha value is -0.380. The summed E-state index contributed by atoms with van der Waals surface area (Å²) in [6.45, 7) is 14.3. The van der Waals surface area contributed by atoms with E-state index in [0.29, 0.717) is 12.0 Å². The lowest BCUT2D eigenvalue weighted by Crippen LogP contribution is -2.42. The number of hydrogen-bond acceptors (Lipinski definition) is 3. The molecule has 0 aliphatic heterocycles. The van der Waals surface area contributed by atoms with Gasteiger partial charge in [0.1, 0.15) is 0 Å². The van der Waals surface area contributed by atoms with E-state index < -0.39 is 0 Å². The summed E-state index contributed by atoms with van der Waals surface area (Å²) >= 11 is 0. The number of rotatable bonds is 10. The minimum Gasteiger partial charge on any atom is -0.395 e. The molecule has 2 N–H and O–H groups in total. The summed E-state index contributed by atoms with van der Waals surface area (Å²) in [4.78, 5) is 2.27. The summed E-state index contributed by atoms with van der Waals surface area (Å²) in [7, 11) is 0. The third-order valence-corrected chi connectivity index (χ3v) is 3.04.